The number of carbonyl (C=O) groups is 3. The number of benzene rings is 1. The third-order valence-electron chi connectivity index (χ3n) is 5.64. The van der Waals surface area contributed by atoms with E-state index in [1.165, 1.54) is 0 Å². The molecule has 0 aromatic heterocycles. The molecule has 6 heteroatoms. The molecule has 0 radical (unpaired) electrons. The van der Waals surface area contributed by atoms with Crippen molar-refractivity contribution in [1.82, 2.24) is 5.32 Å². The zero-order chi connectivity index (χ0) is 18.7. The fourth-order valence-electron chi connectivity index (χ4n) is 3.50. The maximum absolute atomic E-state index is 12.6. The molecule has 1 aromatic rings. The van der Waals surface area contributed by atoms with E-state index >= 15 is 0 Å². The topological polar surface area (TPSA) is 92.7 Å². The van der Waals surface area contributed by atoms with Gasteiger partial charge in [0.1, 0.15) is 13.2 Å². The second-order valence-corrected chi connectivity index (χ2v) is 7.31. The van der Waals surface area contributed by atoms with Crippen molar-refractivity contribution in [2.45, 2.75) is 40.2 Å². The predicted molar refractivity (Wildman–Crippen MR) is 91.5 cm³/mol. The minimum absolute atomic E-state index is 0.203. The molecule has 1 fully saturated rings. The predicted octanol–water partition coefficient (Wildman–Crippen LogP) is 2.37. The first-order valence-electron chi connectivity index (χ1n) is 8.39. The van der Waals surface area contributed by atoms with Gasteiger partial charge in [-0.05, 0) is 23.8 Å². The van der Waals surface area contributed by atoms with Gasteiger partial charge in [0.2, 0.25) is 5.91 Å². The molecule has 1 saturated carbocycles. The number of carboxylic acids is 1. The van der Waals surface area contributed by atoms with E-state index < -0.39 is 29.3 Å². The smallest absolute Gasteiger partial charge is 0.322 e. The number of rotatable bonds is 6. The summed E-state index contributed by atoms with van der Waals surface area (Å²) in [5, 5.41) is 11.2. The van der Waals surface area contributed by atoms with E-state index in [1.807, 2.05) is 44.2 Å². The number of hydrogen-bond donors (Lipinski definition) is 2. The number of nitrogens with one attached hydrogen (secondary N) is 1. The van der Waals surface area contributed by atoms with Crippen LogP contribution in [0.2, 0.25) is 0 Å². The van der Waals surface area contributed by atoms with Gasteiger partial charge in [0.05, 0.1) is 11.3 Å². The third kappa shape index (κ3) is 3.83. The van der Waals surface area contributed by atoms with Gasteiger partial charge in [0, 0.05) is 0 Å². The van der Waals surface area contributed by atoms with Gasteiger partial charge in [-0.15, -0.1) is 0 Å². The van der Waals surface area contributed by atoms with E-state index in [-0.39, 0.29) is 18.5 Å². The number of hydrogen-bond acceptors (Lipinski definition) is 4. The van der Waals surface area contributed by atoms with Crippen molar-refractivity contribution < 1.29 is 24.2 Å². The van der Waals surface area contributed by atoms with Crippen LogP contribution in [-0.2, 0) is 25.7 Å². The summed E-state index contributed by atoms with van der Waals surface area (Å²) in [5.41, 5.74) is -0.545. The second kappa shape index (κ2) is 7.25. The summed E-state index contributed by atoms with van der Waals surface area (Å²) in [6.07, 6.45) is 1.05. The molecular formula is C19H25NO5. The Morgan fingerprint density at radius 1 is 1.20 bits per heavy atom. The average molecular weight is 347 g/mol. The van der Waals surface area contributed by atoms with Gasteiger partial charge >= 0.3 is 11.9 Å². The molecule has 2 atom stereocenters. The van der Waals surface area contributed by atoms with Gasteiger partial charge in [-0.3, -0.25) is 14.4 Å². The maximum atomic E-state index is 12.6. The number of carboxylic acid groups (broad SMARTS) is 1. The fraction of sp³-hybridized carbons (Fsp3) is 0.526. The van der Waals surface area contributed by atoms with Gasteiger partial charge in [-0.1, -0.05) is 51.1 Å². The van der Waals surface area contributed by atoms with Crippen molar-refractivity contribution in [3.05, 3.63) is 35.9 Å². The molecule has 1 aliphatic rings. The fourth-order valence-corrected chi connectivity index (χ4v) is 3.50. The first-order valence-corrected chi connectivity index (χ1v) is 8.39. The van der Waals surface area contributed by atoms with Crippen LogP contribution < -0.4 is 5.32 Å². The van der Waals surface area contributed by atoms with Crippen molar-refractivity contribution in [1.29, 1.82) is 0 Å². The first-order chi connectivity index (χ1) is 11.7. The average Bonchev–Trinajstić information content (AvgIpc) is 2.82. The highest BCUT2D eigenvalue weighted by molar-refractivity contribution is 5.88. The standard InChI is InChI=1S/C19H25NO5/c1-18(2)14(16(23)25-12-13-7-5-4-6-8-13)9-10-19(18,3)17(24)20-11-15(21)22/h4-8,14H,9-12H2,1-3H3,(H,20,24)(H,21,22). The monoisotopic (exact) mass is 347 g/mol. The zero-order valence-corrected chi connectivity index (χ0v) is 14.9. The first kappa shape index (κ1) is 19.0. The highest BCUT2D eigenvalue weighted by atomic mass is 16.5. The highest BCUT2D eigenvalue weighted by Gasteiger charge is 2.58. The lowest BCUT2D eigenvalue weighted by molar-refractivity contribution is -0.156. The van der Waals surface area contributed by atoms with Crippen molar-refractivity contribution in [3.63, 3.8) is 0 Å². The Morgan fingerprint density at radius 2 is 1.84 bits per heavy atom. The van der Waals surface area contributed by atoms with Gasteiger partial charge in [0.25, 0.3) is 0 Å². The van der Waals surface area contributed by atoms with Gasteiger partial charge in [-0.2, -0.15) is 0 Å². The molecule has 6 nitrogen and oxygen atoms in total. The molecule has 1 aliphatic carbocycles. The molecular weight excluding hydrogens is 322 g/mol. The summed E-state index contributed by atoms with van der Waals surface area (Å²) >= 11 is 0. The van der Waals surface area contributed by atoms with Crippen molar-refractivity contribution in [2.75, 3.05) is 6.54 Å². The summed E-state index contributed by atoms with van der Waals surface area (Å²) in [4.78, 5) is 35.8. The Balaban J connectivity index is 2.04. The van der Waals surface area contributed by atoms with E-state index in [1.54, 1.807) is 6.92 Å². The Hall–Kier alpha value is -2.37. The van der Waals surface area contributed by atoms with E-state index in [9.17, 15) is 14.4 Å². The van der Waals surface area contributed by atoms with E-state index in [4.69, 9.17) is 9.84 Å². The molecule has 0 spiro atoms. The highest BCUT2D eigenvalue weighted by Crippen LogP contribution is 2.56. The quantitative estimate of drug-likeness (QED) is 0.771. The number of aliphatic carboxylic acids is 1. The summed E-state index contributed by atoms with van der Waals surface area (Å²) in [7, 11) is 0. The van der Waals surface area contributed by atoms with Gasteiger partial charge < -0.3 is 15.2 Å². The van der Waals surface area contributed by atoms with Crippen LogP contribution in [0, 0.1) is 16.7 Å². The maximum Gasteiger partial charge on any atom is 0.322 e. The Labute approximate surface area is 147 Å². The Bertz CT molecular complexity index is 655. The van der Waals surface area contributed by atoms with Crippen molar-refractivity contribution in [3.8, 4) is 0 Å². The molecule has 1 amide bonds. The molecule has 0 saturated heterocycles. The molecule has 25 heavy (non-hydrogen) atoms. The molecule has 2 N–H and O–H groups in total. The van der Waals surface area contributed by atoms with Crippen LogP contribution in [0.5, 0.6) is 0 Å². The molecule has 0 bridgehead atoms. The summed E-state index contributed by atoms with van der Waals surface area (Å²) in [5.74, 6) is -2.15. The lowest BCUT2D eigenvalue weighted by Crippen LogP contribution is -2.49. The lowest BCUT2D eigenvalue weighted by atomic mass is 9.65. The molecule has 2 rings (SSSR count). The summed E-state index contributed by atoms with van der Waals surface area (Å²) in [6, 6.07) is 9.43. The largest absolute Gasteiger partial charge is 0.480 e. The second-order valence-electron chi connectivity index (χ2n) is 7.31. The Morgan fingerprint density at radius 3 is 2.44 bits per heavy atom. The van der Waals surface area contributed by atoms with Crippen LogP contribution >= 0.6 is 0 Å². The van der Waals surface area contributed by atoms with Gasteiger partial charge in [-0.25, -0.2) is 0 Å². The molecule has 0 heterocycles. The summed E-state index contributed by atoms with van der Waals surface area (Å²) in [6.45, 7) is 5.31. The van der Waals surface area contributed by atoms with Crippen molar-refractivity contribution in [2.24, 2.45) is 16.7 Å². The Kier molecular flexibility index (Phi) is 5.50. The minimum atomic E-state index is -1.09. The molecule has 0 aliphatic heterocycles. The number of esters is 1. The van der Waals surface area contributed by atoms with Crippen LogP contribution in [0.15, 0.2) is 30.3 Å². The third-order valence-corrected chi connectivity index (χ3v) is 5.64. The van der Waals surface area contributed by atoms with Crippen LogP contribution in [0.3, 0.4) is 0 Å². The van der Waals surface area contributed by atoms with Crippen LogP contribution in [0.25, 0.3) is 0 Å². The summed E-state index contributed by atoms with van der Waals surface area (Å²) < 4.78 is 5.45. The number of amides is 1. The molecule has 1 aromatic carbocycles. The number of carbonyl (C=O) groups excluding carboxylic acids is 2. The minimum Gasteiger partial charge on any atom is -0.480 e. The normalized spacial score (nSPS) is 24.5. The zero-order valence-electron chi connectivity index (χ0n) is 14.9. The lowest BCUT2D eigenvalue weighted by Gasteiger charge is -2.39. The van der Waals surface area contributed by atoms with Crippen LogP contribution in [0.4, 0.5) is 0 Å². The van der Waals surface area contributed by atoms with Gasteiger partial charge in [0.15, 0.2) is 0 Å². The van der Waals surface area contributed by atoms with E-state index in [0.29, 0.717) is 12.8 Å². The number of ether oxygens (including phenoxy) is 1. The molecule has 2 unspecified atom stereocenters. The van der Waals surface area contributed by atoms with Crippen LogP contribution in [-0.4, -0.2) is 29.5 Å². The SMILES string of the molecule is CC1(C(=O)NCC(=O)O)CCC(C(=O)OCc2ccccc2)C1(C)C. The van der Waals surface area contributed by atoms with Crippen molar-refractivity contribution >= 4 is 17.8 Å². The molecule has 136 valence electrons. The van der Waals surface area contributed by atoms with E-state index in [2.05, 4.69) is 5.32 Å². The van der Waals surface area contributed by atoms with Crippen LogP contribution in [0.1, 0.15) is 39.2 Å². The van der Waals surface area contributed by atoms with E-state index in [0.717, 1.165) is 5.56 Å².